The molecule has 1 saturated heterocycles. The van der Waals surface area contributed by atoms with Crippen molar-refractivity contribution in [2.75, 3.05) is 30.7 Å². The Bertz CT molecular complexity index is 412. The molecular weight excluding hydrogens is 262 g/mol. The van der Waals surface area contributed by atoms with Crippen molar-refractivity contribution in [2.24, 2.45) is 0 Å². The van der Waals surface area contributed by atoms with Gasteiger partial charge in [0.2, 0.25) is 5.28 Å². The van der Waals surface area contributed by atoms with Crippen molar-refractivity contribution in [1.82, 2.24) is 14.9 Å². The molecule has 6 heteroatoms. The van der Waals surface area contributed by atoms with Gasteiger partial charge in [0.05, 0.1) is 11.9 Å². The van der Waals surface area contributed by atoms with Gasteiger partial charge in [0.15, 0.2) is 5.82 Å². The van der Waals surface area contributed by atoms with Crippen LogP contribution >= 0.6 is 11.6 Å². The molecule has 0 aliphatic carbocycles. The topological polar surface area (TPSA) is 67.1 Å². The predicted molar refractivity (Wildman–Crippen MR) is 79.4 cm³/mol. The molecule has 2 rings (SSSR count). The maximum atomic E-state index is 5.78. The molecule has 3 N–H and O–H groups in total. The van der Waals surface area contributed by atoms with Gasteiger partial charge in [-0.2, -0.15) is 4.98 Å². The van der Waals surface area contributed by atoms with Gasteiger partial charge in [-0.25, -0.2) is 4.98 Å². The molecule has 1 aliphatic rings. The summed E-state index contributed by atoms with van der Waals surface area (Å²) in [6, 6.07) is 0.715. The zero-order chi connectivity index (χ0) is 13.7. The van der Waals surface area contributed by atoms with Crippen LogP contribution in [0.15, 0.2) is 6.20 Å². The second-order valence-corrected chi connectivity index (χ2v) is 5.44. The van der Waals surface area contributed by atoms with Crippen molar-refractivity contribution in [3.8, 4) is 0 Å². The number of nitrogens with two attached hydrogens (primary N) is 1. The molecule has 5 nitrogen and oxygen atoms in total. The molecule has 0 amide bonds. The van der Waals surface area contributed by atoms with Crippen LogP contribution in [0.25, 0.3) is 0 Å². The van der Waals surface area contributed by atoms with Crippen molar-refractivity contribution in [3.63, 3.8) is 0 Å². The van der Waals surface area contributed by atoms with Gasteiger partial charge in [-0.3, -0.25) is 0 Å². The maximum Gasteiger partial charge on any atom is 0.224 e. The van der Waals surface area contributed by atoms with E-state index in [0.717, 1.165) is 19.5 Å². The maximum absolute atomic E-state index is 5.78. The molecule has 1 atom stereocenters. The van der Waals surface area contributed by atoms with Crippen LogP contribution < -0.4 is 11.1 Å². The van der Waals surface area contributed by atoms with E-state index in [4.69, 9.17) is 17.3 Å². The third-order valence-corrected chi connectivity index (χ3v) is 3.82. The predicted octanol–water partition coefficient (Wildman–Crippen LogP) is 2.39. The zero-order valence-corrected chi connectivity index (χ0v) is 12.2. The van der Waals surface area contributed by atoms with E-state index in [1.807, 2.05) is 0 Å². The summed E-state index contributed by atoms with van der Waals surface area (Å²) in [7, 11) is 0. The second-order valence-electron chi connectivity index (χ2n) is 5.10. The lowest BCUT2D eigenvalue weighted by atomic mass is 10.0. The van der Waals surface area contributed by atoms with Gasteiger partial charge < -0.3 is 16.0 Å². The summed E-state index contributed by atoms with van der Waals surface area (Å²) in [6.45, 7) is 5.51. The number of hydrogen-bond acceptors (Lipinski definition) is 5. The normalized spacial score (nSPS) is 20.4. The van der Waals surface area contributed by atoms with E-state index in [1.165, 1.54) is 32.0 Å². The summed E-state index contributed by atoms with van der Waals surface area (Å²) in [4.78, 5) is 10.5. The van der Waals surface area contributed by atoms with E-state index in [1.54, 1.807) is 0 Å². The number of halogens is 1. The van der Waals surface area contributed by atoms with Crippen molar-refractivity contribution in [1.29, 1.82) is 0 Å². The lowest BCUT2D eigenvalue weighted by Crippen LogP contribution is -2.38. The standard InChI is InChI=1S/C13H22ClN5/c1-10-5-2-3-7-19(10)8-4-6-16-12-11(15)9-17-13(14)18-12/h9-10H,2-8,15H2,1H3,(H,16,17,18). The zero-order valence-electron chi connectivity index (χ0n) is 11.4. The van der Waals surface area contributed by atoms with E-state index in [9.17, 15) is 0 Å². The summed E-state index contributed by atoms with van der Waals surface area (Å²) < 4.78 is 0. The number of nitrogens with one attached hydrogen (secondary N) is 1. The first-order chi connectivity index (χ1) is 9.16. The average molecular weight is 284 g/mol. The van der Waals surface area contributed by atoms with Gasteiger partial charge in [-0.05, 0) is 44.3 Å². The van der Waals surface area contributed by atoms with Gasteiger partial charge >= 0.3 is 0 Å². The highest BCUT2D eigenvalue weighted by atomic mass is 35.5. The molecule has 0 radical (unpaired) electrons. The number of nitrogen functional groups attached to an aromatic ring is 1. The number of piperidine rings is 1. The first kappa shape index (κ1) is 14.3. The Kier molecular flexibility index (Phi) is 5.22. The first-order valence-corrected chi connectivity index (χ1v) is 7.30. The molecule has 1 unspecified atom stereocenters. The van der Waals surface area contributed by atoms with Crippen LogP contribution in [0, 0.1) is 0 Å². The molecule has 19 heavy (non-hydrogen) atoms. The number of hydrogen-bond donors (Lipinski definition) is 2. The Morgan fingerprint density at radius 3 is 3.16 bits per heavy atom. The highest BCUT2D eigenvalue weighted by Crippen LogP contribution is 2.17. The Balaban J connectivity index is 1.73. The molecule has 106 valence electrons. The van der Waals surface area contributed by atoms with Crippen molar-refractivity contribution >= 4 is 23.1 Å². The lowest BCUT2D eigenvalue weighted by molar-refractivity contribution is 0.160. The SMILES string of the molecule is CC1CCCCN1CCCNc1nc(Cl)ncc1N. The molecule has 0 saturated carbocycles. The number of likely N-dealkylation sites (tertiary alicyclic amines) is 1. The fourth-order valence-electron chi connectivity index (χ4n) is 2.49. The van der Waals surface area contributed by atoms with Crippen molar-refractivity contribution in [3.05, 3.63) is 11.5 Å². The third-order valence-electron chi connectivity index (χ3n) is 3.64. The largest absolute Gasteiger partial charge is 0.394 e. The minimum absolute atomic E-state index is 0.223. The Labute approximate surface area is 119 Å². The Morgan fingerprint density at radius 2 is 2.37 bits per heavy atom. The minimum Gasteiger partial charge on any atom is -0.394 e. The highest BCUT2D eigenvalue weighted by molar-refractivity contribution is 6.28. The number of rotatable bonds is 5. The highest BCUT2D eigenvalue weighted by Gasteiger charge is 2.17. The summed E-state index contributed by atoms with van der Waals surface area (Å²) in [5, 5.41) is 3.44. The van der Waals surface area contributed by atoms with Crippen LogP contribution in [0.2, 0.25) is 5.28 Å². The molecule has 0 aromatic carbocycles. The molecule has 0 bridgehead atoms. The average Bonchev–Trinajstić information content (AvgIpc) is 2.40. The molecule has 1 aliphatic heterocycles. The summed E-state index contributed by atoms with van der Waals surface area (Å²) >= 11 is 5.74. The summed E-state index contributed by atoms with van der Waals surface area (Å²) in [5.41, 5.74) is 6.32. The quantitative estimate of drug-likeness (QED) is 0.641. The molecular formula is C13H22ClN5. The smallest absolute Gasteiger partial charge is 0.224 e. The van der Waals surface area contributed by atoms with E-state index in [-0.39, 0.29) is 5.28 Å². The Hall–Kier alpha value is -1.07. The molecule has 0 spiro atoms. The summed E-state index contributed by atoms with van der Waals surface area (Å²) in [6.07, 6.45) is 6.62. The number of aromatic nitrogens is 2. The van der Waals surface area contributed by atoms with Crippen LogP contribution in [0.1, 0.15) is 32.6 Å². The second kappa shape index (κ2) is 6.91. The fourth-order valence-corrected chi connectivity index (χ4v) is 2.62. The third kappa shape index (κ3) is 4.21. The summed E-state index contributed by atoms with van der Waals surface area (Å²) in [5.74, 6) is 0.631. The first-order valence-electron chi connectivity index (χ1n) is 6.93. The monoisotopic (exact) mass is 283 g/mol. The van der Waals surface area contributed by atoms with Gasteiger partial charge in [0.25, 0.3) is 0 Å². The van der Waals surface area contributed by atoms with Gasteiger partial charge in [0, 0.05) is 19.1 Å². The molecule has 1 fully saturated rings. The van der Waals surface area contributed by atoms with Gasteiger partial charge in [-0.15, -0.1) is 0 Å². The van der Waals surface area contributed by atoms with E-state index >= 15 is 0 Å². The van der Waals surface area contributed by atoms with E-state index < -0.39 is 0 Å². The fraction of sp³-hybridized carbons (Fsp3) is 0.692. The lowest BCUT2D eigenvalue weighted by Gasteiger charge is -2.33. The van der Waals surface area contributed by atoms with E-state index in [0.29, 0.717) is 17.5 Å². The van der Waals surface area contributed by atoms with E-state index in [2.05, 4.69) is 27.1 Å². The molecule has 1 aromatic heterocycles. The van der Waals surface area contributed by atoms with Crippen LogP contribution in [0.5, 0.6) is 0 Å². The van der Waals surface area contributed by atoms with Crippen LogP contribution in [0.3, 0.4) is 0 Å². The van der Waals surface area contributed by atoms with Crippen molar-refractivity contribution in [2.45, 2.75) is 38.6 Å². The van der Waals surface area contributed by atoms with Crippen molar-refractivity contribution < 1.29 is 0 Å². The van der Waals surface area contributed by atoms with Crippen LogP contribution in [0.4, 0.5) is 11.5 Å². The van der Waals surface area contributed by atoms with Gasteiger partial charge in [-0.1, -0.05) is 6.42 Å². The van der Waals surface area contributed by atoms with Crippen LogP contribution in [-0.2, 0) is 0 Å². The number of nitrogens with zero attached hydrogens (tertiary/aromatic N) is 3. The number of anilines is 2. The van der Waals surface area contributed by atoms with Crippen LogP contribution in [-0.4, -0.2) is 40.5 Å². The Morgan fingerprint density at radius 1 is 1.53 bits per heavy atom. The molecule has 1 aromatic rings. The molecule has 2 heterocycles. The van der Waals surface area contributed by atoms with Gasteiger partial charge in [0.1, 0.15) is 0 Å². The minimum atomic E-state index is 0.223.